The number of nitriles is 1. The van der Waals surface area contributed by atoms with Gasteiger partial charge in [0.05, 0.1) is 12.5 Å². The Morgan fingerprint density at radius 3 is 2.73 bits per heavy atom. The summed E-state index contributed by atoms with van der Waals surface area (Å²) in [7, 11) is 0. The second-order valence-electron chi connectivity index (χ2n) is 3.24. The van der Waals surface area contributed by atoms with Gasteiger partial charge in [-0.25, -0.2) is 0 Å². The largest absolute Gasteiger partial charge is 0.355 e. The zero-order valence-electron chi connectivity index (χ0n) is 8.57. The monoisotopic (exact) mass is 202 g/mol. The molecule has 0 radical (unpaired) electrons. The molecular weight excluding hydrogens is 188 g/mol. The first-order valence-corrected chi connectivity index (χ1v) is 5.00. The number of carbonyl (C=O) groups is 1. The molecule has 0 fully saturated rings. The van der Waals surface area contributed by atoms with Gasteiger partial charge in [0.2, 0.25) is 5.91 Å². The Kier molecular flexibility index (Phi) is 4.96. The minimum absolute atomic E-state index is 0.00843. The van der Waals surface area contributed by atoms with Crippen LogP contribution >= 0.6 is 0 Å². The Morgan fingerprint density at radius 2 is 2.07 bits per heavy atom. The number of amides is 1. The molecule has 0 heterocycles. The molecule has 0 bridgehead atoms. The van der Waals surface area contributed by atoms with Gasteiger partial charge in [-0.05, 0) is 12.0 Å². The van der Waals surface area contributed by atoms with Gasteiger partial charge in [0.25, 0.3) is 0 Å². The number of rotatable bonds is 5. The summed E-state index contributed by atoms with van der Waals surface area (Å²) >= 11 is 0. The van der Waals surface area contributed by atoms with Crippen LogP contribution in [0.2, 0.25) is 0 Å². The Hall–Kier alpha value is -1.82. The molecule has 1 N–H and O–H groups in total. The van der Waals surface area contributed by atoms with E-state index in [9.17, 15) is 4.79 Å². The third kappa shape index (κ3) is 4.82. The van der Waals surface area contributed by atoms with Crippen LogP contribution in [0.3, 0.4) is 0 Å². The van der Waals surface area contributed by atoms with Crippen molar-refractivity contribution in [3.05, 3.63) is 35.9 Å². The number of nitrogens with one attached hydrogen (secondary N) is 1. The van der Waals surface area contributed by atoms with Crippen LogP contribution in [-0.2, 0) is 11.2 Å². The zero-order valence-corrected chi connectivity index (χ0v) is 8.57. The van der Waals surface area contributed by atoms with Crippen LogP contribution < -0.4 is 5.32 Å². The van der Waals surface area contributed by atoms with Crippen molar-refractivity contribution in [3.8, 4) is 6.07 Å². The molecule has 0 saturated heterocycles. The van der Waals surface area contributed by atoms with Gasteiger partial charge in [0.15, 0.2) is 0 Å². The van der Waals surface area contributed by atoms with Crippen molar-refractivity contribution in [1.29, 1.82) is 5.26 Å². The fourth-order valence-corrected chi connectivity index (χ4v) is 1.25. The first kappa shape index (κ1) is 11.3. The van der Waals surface area contributed by atoms with Crippen molar-refractivity contribution >= 4 is 5.91 Å². The van der Waals surface area contributed by atoms with Crippen LogP contribution in [0.4, 0.5) is 0 Å². The highest BCUT2D eigenvalue weighted by Gasteiger charge is 2.00. The Bertz CT molecular complexity index is 340. The van der Waals surface area contributed by atoms with E-state index in [1.165, 1.54) is 0 Å². The highest BCUT2D eigenvalue weighted by Crippen LogP contribution is 2.01. The summed E-state index contributed by atoms with van der Waals surface area (Å²) in [5.74, 6) is 0.00843. The van der Waals surface area contributed by atoms with E-state index < -0.39 is 0 Å². The fraction of sp³-hybridized carbons (Fsp3) is 0.333. The van der Waals surface area contributed by atoms with Gasteiger partial charge < -0.3 is 5.32 Å². The molecule has 0 spiro atoms. The molecule has 3 heteroatoms. The molecule has 0 unspecified atom stereocenters. The lowest BCUT2D eigenvalue weighted by Gasteiger charge is -2.02. The molecule has 1 amide bonds. The summed E-state index contributed by atoms with van der Waals surface area (Å²) in [6.07, 6.45) is 1.60. The zero-order chi connectivity index (χ0) is 10.9. The third-order valence-corrected chi connectivity index (χ3v) is 2.04. The smallest absolute Gasteiger partial charge is 0.220 e. The van der Waals surface area contributed by atoms with Crippen LogP contribution in [0.15, 0.2) is 30.3 Å². The molecule has 1 aromatic carbocycles. The number of hydrogen-bond donors (Lipinski definition) is 1. The molecule has 0 aliphatic rings. The molecule has 1 aromatic rings. The Morgan fingerprint density at radius 1 is 1.33 bits per heavy atom. The van der Waals surface area contributed by atoms with Crippen LogP contribution in [-0.4, -0.2) is 12.5 Å². The Balaban J connectivity index is 2.20. The summed E-state index contributed by atoms with van der Waals surface area (Å²) in [6.45, 7) is 0.449. The number of benzene rings is 1. The second-order valence-corrected chi connectivity index (χ2v) is 3.24. The lowest BCUT2D eigenvalue weighted by molar-refractivity contribution is -0.121. The van der Waals surface area contributed by atoms with Gasteiger partial charge in [-0.15, -0.1) is 0 Å². The minimum atomic E-state index is 0.00843. The summed E-state index contributed by atoms with van der Waals surface area (Å²) in [4.78, 5) is 11.3. The van der Waals surface area contributed by atoms with E-state index in [4.69, 9.17) is 5.26 Å². The molecule has 0 aliphatic heterocycles. The van der Waals surface area contributed by atoms with Gasteiger partial charge >= 0.3 is 0 Å². The predicted molar refractivity (Wildman–Crippen MR) is 58.0 cm³/mol. The quantitative estimate of drug-likeness (QED) is 0.738. The molecule has 78 valence electrons. The number of aryl methyl sites for hydroxylation is 1. The first-order valence-electron chi connectivity index (χ1n) is 5.00. The molecule has 15 heavy (non-hydrogen) atoms. The summed E-state index contributed by atoms with van der Waals surface area (Å²) in [5, 5.41) is 11.0. The van der Waals surface area contributed by atoms with E-state index in [1.54, 1.807) is 0 Å². The molecule has 0 aromatic heterocycles. The van der Waals surface area contributed by atoms with E-state index in [-0.39, 0.29) is 5.91 Å². The van der Waals surface area contributed by atoms with E-state index in [1.807, 2.05) is 36.4 Å². The molecule has 0 aliphatic carbocycles. The average Bonchev–Trinajstić information content (AvgIpc) is 2.28. The van der Waals surface area contributed by atoms with Gasteiger partial charge in [0.1, 0.15) is 0 Å². The molecule has 0 atom stereocenters. The number of hydrogen-bond acceptors (Lipinski definition) is 2. The van der Waals surface area contributed by atoms with Crippen LogP contribution in [0.1, 0.15) is 18.4 Å². The fourth-order valence-electron chi connectivity index (χ4n) is 1.25. The number of nitrogens with zero attached hydrogens (tertiary/aromatic N) is 1. The third-order valence-electron chi connectivity index (χ3n) is 2.04. The molecule has 1 rings (SSSR count). The van der Waals surface area contributed by atoms with E-state index in [0.717, 1.165) is 12.0 Å². The molecule has 0 saturated carbocycles. The highest BCUT2D eigenvalue weighted by atomic mass is 16.1. The standard InChI is InChI=1S/C12H14N2O/c13-9-4-10-14-12(15)8-7-11-5-2-1-3-6-11/h1-3,5-6H,4,7-8,10H2,(H,14,15). The normalized spacial score (nSPS) is 9.27. The summed E-state index contributed by atoms with van der Waals surface area (Å²) < 4.78 is 0. The van der Waals surface area contributed by atoms with E-state index >= 15 is 0 Å². The van der Waals surface area contributed by atoms with E-state index in [0.29, 0.717) is 19.4 Å². The average molecular weight is 202 g/mol. The number of carbonyl (C=O) groups excluding carboxylic acids is 1. The predicted octanol–water partition coefficient (Wildman–Crippen LogP) is 1.65. The lowest BCUT2D eigenvalue weighted by Crippen LogP contribution is -2.24. The van der Waals surface area contributed by atoms with Crippen LogP contribution in [0, 0.1) is 11.3 Å². The maximum Gasteiger partial charge on any atom is 0.220 e. The lowest BCUT2D eigenvalue weighted by atomic mass is 10.1. The van der Waals surface area contributed by atoms with Gasteiger partial charge in [-0.1, -0.05) is 30.3 Å². The first-order chi connectivity index (χ1) is 7.33. The maximum atomic E-state index is 11.3. The SMILES string of the molecule is N#CCCNC(=O)CCc1ccccc1. The maximum absolute atomic E-state index is 11.3. The molecule has 3 nitrogen and oxygen atoms in total. The minimum Gasteiger partial charge on any atom is -0.355 e. The highest BCUT2D eigenvalue weighted by molar-refractivity contribution is 5.76. The summed E-state index contributed by atoms with van der Waals surface area (Å²) in [5.41, 5.74) is 1.16. The molecular formula is C12H14N2O. The van der Waals surface area contributed by atoms with Gasteiger partial charge in [0, 0.05) is 13.0 Å². The van der Waals surface area contributed by atoms with E-state index in [2.05, 4.69) is 5.32 Å². The van der Waals surface area contributed by atoms with Crippen LogP contribution in [0.25, 0.3) is 0 Å². The van der Waals surface area contributed by atoms with Crippen molar-refractivity contribution in [2.45, 2.75) is 19.3 Å². The van der Waals surface area contributed by atoms with Crippen molar-refractivity contribution in [2.75, 3.05) is 6.54 Å². The van der Waals surface area contributed by atoms with Crippen molar-refractivity contribution in [1.82, 2.24) is 5.32 Å². The van der Waals surface area contributed by atoms with Crippen molar-refractivity contribution in [3.63, 3.8) is 0 Å². The topological polar surface area (TPSA) is 52.9 Å². The second kappa shape index (κ2) is 6.61. The van der Waals surface area contributed by atoms with Gasteiger partial charge in [-0.3, -0.25) is 4.79 Å². The van der Waals surface area contributed by atoms with Crippen LogP contribution in [0.5, 0.6) is 0 Å². The summed E-state index contributed by atoms with van der Waals surface area (Å²) in [6, 6.07) is 11.9. The van der Waals surface area contributed by atoms with Crippen molar-refractivity contribution in [2.24, 2.45) is 0 Å². The Labute approximate surface area is 89.7 Å². The van der Waals surface area contributed by atoms with Gasteiger partial charge in [-0.2, -0.15) is 5.26 Å². The van der Waals surface area contributed by atoms with Crippen molar-refractivity contribution < 1.29 is 4.79 Å².